The average Bonchev–Trinajstić information content (AvgIpc) is 2.14. The van der Waals surface area contributed by atoms with Crippen LogP contribution in [0.2, 0.25) is 10.0 Å². The molecule has 0 fully saturated rings. The second-order valence-corrected chi connectivity index (χ2v) is 3.31. The van der Waals surface area contributed by atoms with Crippen LogP contribution in [0.3, 0.4) is 0 Å². The number of oxime groups is 1. The molecule has 7 heteroatoms. The molecule has 0 bridgehead atoms. The van der Waals surface area contributed by atoms with E-state index in [1.165, 1.54) is 12.1 Å². The molecule has 1 rings (SSSR count). The van der Waals surface area contributed by atoms with Gasteiger partial charge in [0.2, 0.25) is 5.96 Å². The molecular formula is C8H7Cl2N3O2. The summed E-state index contributed by atoms with van der Waals surface area (Å²) in [6, 6.07) is 4.60. The topological polar surface area (TPSA) is 90.7 Å². The predicted octanol–water partition coefficient (Wildman–Crippen LogP) is 1.34. The molecule has 0 aromatic heterocycles. The Hall–Kier alpha value is -1.46. The first-order valence-corrected chi connectivity index (χ1v) is 4.52. The van der Waals surface area contributed by atoms with Crippen LogP contribution in [0.5, 0.6) is 0 Å². The van der Waals surface area contributed by atoms with E-state index in [-0.39, 0.29) is 21.6 Å². The zero-order chi connectivity index (χ0) is 11.4. The maximum Gasteiger partial charge on any atom is 0.368 e. The van der Waals surface area contributed by atoms with Crippen molar-refractivity contribution < 1.29 is 9.63 Å². The lowest BCUT2D eigenvalue weighted by molar-refractivity contribution is 0.0515. The first kappa shape index (κ1) is 11.6. The number of guanidine groups is 1. The summed E-state index contributed by atoms with van der Waals surface area (Å²) in [5.74, 6) is -1.19. The molecule has 80 valence electrons. The molecular weight excluding hydrogens is 241 g/mol. The van der Waals surface area contributed by atoms with Crippen molar-refractivity contribution in [3.8, 4) is 0 Å². The molecule has 0 spiro atoms. The number of nitrogens with two attached hydrogens (primary N) is 2. The molecule has 5 nitrogen and oxygen atoms in total. The summed E-state index contributed by atoms with van der Waals surface area (Å²) in [6.45, 7) is 0. The second-order valence-electron chi connectivity index (χ2n) is 2.49. The minimum Gasteiger partial charge on any atom is -0.367 e. The monoisotopic (exact) mass is 247 g/mol. The predicted molar refractivity (Wildman–Crippen MR) is 57.7 cm³/mol. The fourth-order valence-electron chi connectivity index (χ4n) is 0.833. The third kappa shape index (κ3) is 3.00. The van der Waals surface area contributed by atoms with E-state index in [4.69, 9.17) is 34.7 Å². The third-order valence-corrected chi connectivity index (χ3v) is 2.03. The Morgan fingerprint density at radius 2 is 1.80 bits per heavy atom. The Kier molecular flexibility index (Phi) is 3.76. The first-order valence-electron chi connectivity index (χ1n) is 3.76. The van der Waals surface area contributed by atoms with Gasteiger partial charge in [-0.3, -0.25) is 0 Å². The Bertz CT molecular complexity index is 396. The summed E-state index contributed by atoms with van der Waals surface area (Å²) in [4.78, 5) is 15.8. The number of hydrogen-bond donors (Lipinski definition) is 2. The van der Waals surface area contributed by atoms with Gasteiger partial charge in [0.1, 0.15) is 0 Å². The lowest BCUT2D eigenvalue weighted by Gasteiger charge is -2.02. The summed E-state index contributed by atoms with van der Waals surface area (Å²) < 4.78 is 0. The van der Waals surface area contributed by atoms with E-state index >= 15 is 0 Å². The van der Waals surface area contributed by atoms with Crippen molar-refractivity contribution in [2.45, 2.75) is 0 Å². The van der Waals surface area contributed by atoms with E-state index in [9.17, 15) is 4.79 Å². The van der Waals surface area contributed by atoms with Gasteiger partial charge in [-0.25, -0.2) is 4.79 Å². The van der Waals surface area contributed by atoms with Gasteiger partial charge in [-0.2, -0.15) is 0 Å². The summed E-state index contributed by atoms with van der Waals surface area (Å²) in [6.07, 6.45) is 0. The minimum absolute atomic E-state index is 0.0193. The first-order chi connectivity index (χ1) is 7.02. The highest BCUT2D eigenvalue weighted by molar-refractivity contribution is 6.39. The fraction of sp³-hybridized carbons (Fsp3) is 0. The number of halogens is 2. The van der Waals surface area contributed by atoms with Crippen LogP contribution in [0.25, 0.3) is 0 Å². The van der Waals surface area contributed by atoms with E-state index in [0.717, 1.165) is 0 Å². The molecule has 0 unspecified atom stereocenters. The van der Waals surface area contributed by atoms with Crippen molar-refractivity contribution in [1.82, 2.24) is 0 Å². The van der Waals surface area contributed by atoms with Crippen molar-refractivity contribution in [2.75, 3.05) is 0 Å². The number of hydrogen-bond acceptors (Lipinski definition) is 3. The van der Waals surface area contributed by atoms with Gasteiger partial charge in [0.15, 0.2) is 0 Å². The Morgan fingerprint density at radius 3 is 2.27 bits per heavy atom. The molecule has 0 aliphatic heterocycles. The lowest BCUT2D eigenvalue weighted by Crippen LogP contribution is -2.23. The average molecular weight is 248 g/mol. The summed E-state index contributed by atoms with van der Waals surface area (Å²) in [5, 5.41) is 3.42. The quantitative estimate of drug-likeness (QED) is 0.357. The van der Waals surface area contributed by atoms with E-state index in [1.54, 1.807) is 6.07 Å². The van der Waals surface area contributed by atoms with Crippen LogP contribution < -0.4 is 11.5 Å². The minimum atomic E-state index is -0.820. The molecule has 0 aliphatic carbocycles. The van der Waals surface area contributed by atoms with Crippen molar-refractivity contribution in [2.24, 2.45) is 16.6 Å². The van der Waals surface area contributed by atoms with Crippen molar-refractivity contribution >= 4 is 35.1 Å². The number of nitrogens with zero attached hydrogens (tertiary/aromatic N) is 1. The Balaban J connectivity index is 2.96. The van der Waals surface area contributed by atoms with E-state index in [2.05, 4.69) is 9.99 Å². The van der Waals surface area contributed by atoms with Gasteiger partial charge in [-0.1, -0.05) is 29.3 Å². The fourth-order valence-corrected chi connectivity index (χ4v) is 1.38. The van der Waals surface area contributed by atoms with Crippen LogP contribution in [0.1, 0.15) is 10.4 Å². The van der Waals surface area contributed by atoms with Gasteiger partial charge in [0.05, 0.1) is 15.6 Å². The molecule has 1 aromatic carbocycles. The highest BCUT2D eigenvalue weighted by Crippen LogP contribution is 2.24. The number of rotatable bonds is 2. The molecule has 4 N–H and O–H groups in total. The largest absolute Gasteiger partial charge is 0.368 e. The normalized spacial score (nSPS) is 9.47. The summed E-state index contributed by atoms with van der Waals surface area (Å²) in [7, 11) is 0. The van der Waals surface area contributed by atoms with Crippen molar-refractivity contribution in [1.29, 1.82) is 0 Å². The highest BCUT2D eigenvalue weighted by atomic mass is 35.5. The van der Waals surface area contributed by atoms with Gasteiger partial charge in [-0.15, -0.1) is 0 Å². The van der Waals surface area contributed by atoms with Crippen molar-refractivity contribution in [3.63, 3.8) is 0 Å². The molecule has 15 heavy (non-hydrogen) atoms. The van der Waals surface area contributed by atoms with E-state index in [1.807, 2.05) is 0 Å². The van der Waals surface area contributed by atoms with Gasteiger partial charge < -0.3 is 16.3 Å². The van der Waals surface area contributed by atoms with Crippen LogP contribution >= 0.6 is 23.2 Å². The highest BCUT2D eigenvalue weighted by Gasteiger charge is 2.16. The van der Waals surface area contributed by atoms with Crippen LogP contribution in [-0.4, -0.2) is 11.9 Å². The van der Waals surface area contributed by atoms with Crippen LogP contribution in [0.15, 0.2) is 23.4 Å². The molecule has 0 radical (unpaired) electrons. The molecule has 0 saturated carbocycles. The van der Waals surface area contributed by atoms with Crippen LogP contribution in [0, 0.1) is 0 Å². The SMILES string of the molecule is NC(N)=NOC(=O)c1c(Cl)cccc1Cl. The number of carbonyl (C=O) groups is 1. The zero-order valence-corrected chi connectivity index (χ0v) is 8.92. The molecule has 0 amide bonds. The van der Waals surface area contributed by atoms with Crippen LogP contribution in [0.4, 0.5) is 0 Å². The molecule has 0 saturated heterocycles. The lowest BCUT2D eigenvalue weighted by atomic mass is 10.2. The van der Waals surface area contributed by atoms with E-state index in [0.29, 0.717) is 0 Å². The smallest absolute Gasteiger partial charge is 0.367 e. The molecule has 0 aliphatic rings. The van der Waals surface area contributed by atoms with Gasteiger partial charge >= 0.3 is 5.97 Å². The maximum absolute atomic E-state index is 11.4. The van der Waals surface area contributed by atoms with Crippen LogP contribution in [-0.2, 0) is 4.84 Å². The Morgan fingerprint density at radius 1 is 1.27 bits per heavy atom. The molecule has 0 atom stereocenters. The van der Waals surface area contributed by atoms with Crippen molar-refractivity contribution in [3.05, 3.63) is 33.8 Å². The molecule has 0 heterocycles. The van der Waals surface area contributed by atoms with Gasteiger partial charge in [-0.05, 0) is 17.3 Å². The maximum atomic E-state index is 11.4. The standard InChI is InChI=1S/C8H7Cl2N3O2/c9-4-2-1-3-5(10)6(4)7(14)15-13-8(11)12/h1-3H,(H4,11,12,13). The summed E-state index contributed by atoms with van der Waals surface area (Å²) in [5.41, 5.74) is 9.98. The number of carbonyl (C=O) groups excluding carboxylic acids is 1. The number of benzene rings is 1. The Labute approximate surface area is 95.6 Å². The second kappa shape index (κ2) is 4.86. The van der Waals surface area contributed by atoms with Gasteiger partial charge in [0.25, 0.3) is 0 Å². The van der Waals surface area contributed by atoms with E-state index < -0.39 is 5.97 Å². The zero-order valence-electron chi connectivity index (χ0n) is 7.41. The summed E-state index contributed by atoms with van der Waals surface area (Å²) >= 11 is 11.5. The molecule has 1 aromatic rings. The third-order valence-electron chi connectivity index (χ3n) is 1.40. The van der Waals surface area contributed by atoms with Gasteiger partial charge in [0, 0.05) is 0 Å².